The fraction of sp³-hybridized carbons (Fsp3) is 0.647. The average Bonchev–Trinajstić information content (AvgIpc) is 2.42. The van der Waals surface area contributed by atoms with Crippen LogP contribution in [0.15, 0.2) is 18.2 Å². The molecule has 0 fully saturated rings. The molecule has 1 rings (SSSR count). The van der Waals surface area contributed by atoms with Crippen LogP contribution in [0.3, 0.4) is 0 Å². The van der Waals surface area contributed by atoms with Crippen LogP contribution in [0.1, 0.15) is 57.4 Å². The van der Waals surface area contributed by atoms with Crippen LogP contribution in [-0.4, -0.2) is 13.7 Å². The van der Waals surface area contributed by atoms with Gasteiger partial charge in [-0.2, -0.15) is 0 Å². The second-order valence-electron chi connectivity index (χ2n) is 5.25. The normalized spacial score (nSPS) is 10.5. The molecule has 1 aromatic carbocycles. The van der Waals surface area contributed by atoms with E-state index in [1.165, 1.54) is 50.5 Å². The highest BCUT2D eigenvalue weighted by atomic mass is 16.5. The molecule has 0 aliphatic rings. The summed E-state index contributed by atoms with van der Waals surface area (Å²) in [6.07, 6.45) is 9.44. The minimum atomic E-state index is 0.938. The van der Waals surface area contributed by atoms with Crippen LogP contribution in [-0.2, 0) is 0 Å². The molecule has 0 amide bonds. The zero-order valence-electron chi connectivity index (χ0n) is 12.8. The summed E-state index contributed by atoms with van der Waals surface area (Å²) >= 11 is 0. The molecule has 0 atom stereocenters. The summed E-state index contributed by atoms with van der Waals surface area (Å²) in [6, 6.07) is 6.26. The summed E-state index contributed by atoms with van der Waals surface area (Å²) in [7, 11) is 1.73. The highest BCUT2D eigenvalue weighted by molar-refractivity contribution is 5.57. The summed E-state index contributed by atoms with van der Waals surface area (Å²) in [5.74, 6) is 0.938. The fourth-order valence-corrected chi connectivity index (χ4v) is 2.27. The number of anilines is 1. The largest absolute Gasteiger partial charge is 0.495 e. The Balaban J connectivity index is 2.17. The summed E-state index contributed by atoms with van der Waals surface area (Å²) in [5.41, 5.74) is 2.39. The van der Waals surface area contributed by atoms with Gasteiger partial charge in [0.05, 0.1) is 12.8 Å². The Morgan fingerprint density at radius 3 is 2.37 bits per heavy atom. The summed E-state index contributed by atoms with van der Waals surface area (Å²) < 4.78 is 5.36. The maximum Gasteiger partial charge on any atom is 0.141 e. The lowest BCUT2D eigenvalue weighted by atomic mass is 10.1. The summed E-state index contributed by atoms with van der Waals surface area (Å²) in [4.78, 5) is 0. The molecule has 0 saturated heterocycles. The van der Waals surface area contributed by atoms with E-state index < -0.39 is 0 Å². The topological polar surface area (TPSA) is 21.3 Å². The highest BCUT2D eigenvalue weighted by Gasteiger charge is 2.01. The van der Waals surface area contributed by atoms with Crippen molar-refractivity contribution in [1.82, 2.24) is 0 Å². The smallest absolute Gasteiger partial charge is 0.141 e. The number of hydrogen-bond donors (Lipinski definition) is 1. The van der Waals surface area contributed by atoms with E-state index in [4.69, 9.17) is 4.74 Å². The SMILES string of the molecule is CCCCCCCCCNc1cc(C)ccc1OC. The van der Waals surface area contributed by atoms with Crippen LogP contribution in [0, 0.1) is 6.92 Å². The van der Waals surface area contributed by atoms with E-state index in [-0.39, 0.29) is 0 Å². The zero-order chi connectivity index (χ0) is 13.9. The maximum atomic E-state index is 5.36. The first kappa shape index (κ1) is 15.9. The molecule has 0 radical (unpaired) electrons. The second kappa shape index (κ2) is 9.71. The van der Waals surface area contributed by atoms with Gasteiger partial charge in [-0.15, -0.1) is 0 Å². The first-order valence-corrected chi connectivity index (χ1v) is 7.66. The summed E-state index contributed by atoms with van der Waals surface area (Å²) in [5, 5.41) is 3.48. The molecular formula is C17H29NO. The van der Waals surface area contributed by atoms with Gasteiger partial charge in [-0.3, -0.25) is 0 Å². The van der Waals surface area contributed by atoms with Crippen LogP contribution >= 0.6 is 0 Å². The van der Waals surface area contributed by atoms with E-state index in [1.807, 2.05) is 6.07 Å². The Hall–Kier alpha value is -1.18. The van der Waals surface area contributed by atoms with Gasteiger partial charge in [0.1, 0.15) is 5.75 Å². The third kappa shape index (κ3) is 6.51. The van der Waals surface area contributed by atoms with Crippen molar-refractivity contribution >= 4 is 5.69 Å². The van der Waals surface area contributed by atoms with E-state index in [0.717, 1.165) is 18.0 Å². The molecule has 108 valence electrons. The molecule has 19 heavy (non-hydrogen) atoms. The van der Waals surface area contributed by atoms with E-state index >= 15 is 0 Å². The molecule has 1 N–H and O–H groups in total. The molecule has 0 bridgehead atoms. The van der Waals surface area contributed by atoms with Crippen molar-refractivity contribution in [3.05, 3.63) is 23.8 Å². The predicted octanol–water partition coefficient (Wildman–Crippen LogP) is 5.17. The van der Waals surface area contributed by atoms with E-state index in [9.17, 15) is 0 Å². The van der Waals surface area contributed by atoms with Crippen molar-refractivity contribution in [1.29, 1.82) is 0 Å². The molecule has 0 aliphatic carbocycles. The molecular weight excluding hydrogens is 234 g/mol. The van der Waals surface area contributed by atoms with Crippen molar-refractivity contribution in [3.8, 4) is 5.75 Å². The number of methoxy groups -OCH3 is 1. The van der Waals surface area contributed by atoms with Gasteiger partial charge in [-0.25, -0.2) is 0 Å². The molecule has 0 unspecified atom stereocenters. The Morgan fingerprint density at radius 2 is 1.68 bits per heavy atom. The lowest BCUT2D eigenvalue weighted by molar-refractivity contribution is 0.416. The van der Waals surface area contributed by atoms with Crippen molar-refractivity contribution in [3.63, 3.8) is 0 Å². The quantitative estimate of drug-likeness (QED) is 0.588. The fourth-order valence-electron chi connectivity index (χ4n) is 2.27. The van der Waals surface area contributed by atoms with Gasteiger partial charge in [-0.05, 0) is 31.0 Å². The number of benzene rings is 1. The van der Waals surface area contributed by atoms with Gasteiger partial charge < -0.3 is 10.1 Å². The number of unbranched alkanes of at least 4 members (excludes halogenated alkanes) is 6. The van der Waals surface area contributed by atoms with Gasteiger partial charge in [-0.1, -0.05) is 51.5 Å². The average molecular weight is 263 g/mol. The first-order valence-electron chi connectivity index (χ1n) is 7.66. The van der Waals surface area contributed by atoms with E-state index in [1.54, 1.807) is 7.11 Å². The number of aryl methyl sites for hydroxylation is 1. The van der Waals surface area contributed by atoms with Crippen molar-refractivity contribution in [2.24, 2.45) is 0 Å². The van der Waals surface area contributed by atoms with Crippen LogP contribution in [0.2, 0.25) is 0 Å². The predicted molar refractivity (Wildman–Crippen MR) is 84.2 cm³/mol. The number of nitrogens with one attached hydrogen (secondary N) is 1. The van der Waals surface area contributed by atoms with Gasteiger partial charge in [0.15, 0.2) is 0 Å². The highest BCUT2D eigenvalue weighted by Crippen LogP contribution is 2.25. The molecule has 0 aliphatic heterocycles. The van der Waals surface area contributed by atoms with Crippen molar-refractivity contribution in [2.75, 3.05) is 19.0 Å². The van der Waals surface area contributed by atoms with Gasteiger partial charge in [0.25, 0.3) is 0 Å². The van der Waals surface area contributed by atoms with Crippen molar-refractivity contribution < 1.29 is 4.74 Å². The molecule has 0 spiro atoms. The Labute approximate surface area is 118 Å². The molecule has 2 heteroatoms. The number of hydrogen-bond acceptors (Lipinski definition) is 2. The third-order valence-corrected chi connectivity index (χ3v) is 3.45. The van der Waals surface area contributed by atoms with Crippen LogP contribution in [0.5, 0.6) is 5.75 Å². The van der Waals surface area contributed by atoms with Crippen LogP contribution < -0.4 is 10.1 Å². The molecule has 0 heterocycles. The lowest BCUT2D eigenvalue weighted by Crippen LogP contribution is -2.03. The monoisotopic (exact) mass is 263 g/mol. The Bertz CT molecular complexity index is 349. The Morgan fingerprint density at radius 1 is 1.00 bits per heavy atom. The third-order valence-electron chi connectivity index (χ3n) is 3.45. The minimum Gasteiger partial charge on any atom is -0.495 e. The van der Waals surface area contributed by atoms with Gasteiger partial charge in [0, 0.05) is 6.54 Å². The van der Waals surface area contributed by atoms with E-state index in [2.05, 4.69) is 31.3 Å². The van der Waals surface area contributed by atoms with Gasteiger partial charge >= 0.3 is 0 Å². The van der Waals surface area contributed by atoms with E-state index in [0.29, 0.717) is 0 Å². The summed E-state index contributed by atoms with van der Waals surface area (Å²) in [6.45, 7) is 5.41. The standard InChI is InChI=1S/C17H29NO/c1-4-5-6-7-8-9-10-13-18-16-14-15(2)11-12-17(16)19-3/h11-12,14,18H,4-10,13H2,1-3H3. The number of rotatable bonds is 10. The lowest BCUT2D eigenvalue weighted by Gasteiger charge is -2.11. The molecule has 0 saturated carbocycles. The van der Waals surface area contributed by atoms with Gasteiger partial charge in [0.2, 0.25) is 0 Å². The molecule has 2 nitrogen and oxygen atoms in total. The zero-order valence-corrected chi connectivity index (χ0v) is 12.8. The molecule has 1 aromatic rings. The Kier molecular flexibility index (Phi) is 8.11. The molecule has 0 aromatic heterocycles. The first-order chi connectivity index (χ1) is 9.27. The van der Waals surface area contributed by atoms with Crippen molar-refractivity contribution in [2.45, 2.75) is 58.8 Å². The van der Waals surface area contributed by atoms with Crippen LogP contribution in [0.4, 0.5) is 5.69 Å². The van der Waals surface area contributed by atoms with Crippen LogP contribution in [0.25, 0.3) is 0 Å². The maximum absolute atomic E-state index is 5.36. The number of ether oxygens (including phenoxy) is 1. The minimum absolute atomic E-state index is 0.938. The second-order valence-corrected chi connectivity index (χ2v) is 5.25.